The Morgan fingerprint density at radius 3 is 2.79 bits per heavy atom. The van der Waals surface area contributed by atoms with Crippen molar-refractivity contribution in [3.05, 3.63) is 0 Å². The molecular weight excluding hydrogens is 246 g/mol. The van der Waals surface area contributed by atoms with E-state index in [1.807, 2.05) is 0 Å². The second-order valence-corrected chi connectivity index (χ2v) is 6.34. The minimum Gasteiger partial charge on any atom is -0.317 e. The minimum atomic E-state index is -2.80. The third kappa shape index (κ3) is 2.84. The van der Waals surface area contributed by atoms with Crippen LogP contribution in [0.25, 0.3) is 0 Å². The normalized spacial score (nSPS) is 34.6. The summed E-state index contributed by atoms with van der Waals surface area (Å²) in [4.78, 5) is 0. The van der Waals surface area contributed by atoms with Gasteiger partial charge in [0.05, 0.1) is 18.9 Å². The van der Waals surface area contributed by atoms with Crippen molar-refractivity contribution >= 4 is 30.7 Å². The lowest BCUT2D eigenvalue weighted by Gasteiger charge is -2.38. The van der Waals surface area contributed by atoms with Crippen LogP contribution < -0.4 is 5.73 Å². The molecule has 0 aromatic heterocycles. The van der Waals surface area contributed by atoms with Crippen molar-refractivity contribution in [2.75, 3.05) is 31.1 Å². The van der Waals surface area contributed by atoms with Crippen LogP contribution in [0.15, 0.2) is 0 Å². The van der Waals surface area contributed by atoms with Crippen molar-refractivity contribution in [2.24, 2.45) is 5.73 Å². The molecule has 1 saturated heterocycles. The van der Waals surface area contributed by atoms with Crippen molar-refractivity contribution < 1.29 is 9.09 Å². The van der Waals surface area contributed by atoms with Gasteiger partial charge in [-0.15, -0.1) is 23.2 Å². The lowest BCUT2D eigenvalue weighted by Crippen LogP contribution is -2.45. The molecule has 0 aromatic rings. The molecule has 2 unspecified atom stereocenters. The molecule has 1 rings (SSSR count). The topological polar surface area (TPSA) is 55.6 Å². The van der Waals surface area contributed by atoms with Crippen LogP contribution in [0.2, 0.25) is 0 Å². The van der Waals surface area contributed by atoms with E-state index in [2.05, 4.69) is 0 Å². The third-order valence-electron chi connectivity index (χ3n) is 2.16. The third-order valence-corrected chi connectivity index (χ3v) is 5.44. The lowest BCUT2D eigenvalue weighted by atomic mass is 10.3. The standard InChI is InChI=1S/C7H15Cl2N2O2P/c8-2-4-11-7(10)1-5-13-14(11,12)6-3-9/h7H,1-6,10H2. The monoisotopic (exact) mass is 260 g/mol. The van der Waals surface area contributed by atoms with Gasteiger partial charge in [0.1, 0.15) is 0 Å². The summed E-state index contributed by atoms with van der Waals surface area (Å²) in [7, 11) is -2.80. The number of rotatable bonds is 4. The van der Waals surface area contributed by atoms with Gasteiger partial charge in [0.2, 0.25) is 0 Å². The van der Waals surface area contributed by atoms with Crippen LogP contribution in [0.4, 0.5) is 0 Å². The Bertz CT molecular complexity index is 224. The number of halogens is 2. The van der Waals surface area contributed by atoms with Crippen molar-refractivity contribution in [1.82, 2.24) is 4.67 Å². The fraction of sp³-hybridized carbons (Fsp3) is 1.00. The van der Waals surface area contributed by atoms with Gasteiger partial charge in [0, 0.05) is 24.7 Å². The molecule has 1 aliphatic rings. The summed E-state index contributed by atoms with van der Waals surface area (Å²) in [6.45, 7) is 0.922. The molecule has 0 bridgehead atoms. The van der Waals surface area contributed by atoms with Crippen LogP contribution in [0.1, 0.15) is 6.42 Å². The molecule has 0 saturated carbocycles. The second-order valence-electron chi connectivity index (χ2n) is 3.09. The fourth-order valence-electron chi connectivity index (χ4n) is 1.47. The Kier molecular flexibility index (Phi) is 5.18. The smallest absolute Gasteiger partial charge is 0.274 e. The molecular formula is C7H15Cl2N2O2P. The molecule has 14 heavy (non-hydrogen) atoms. The van der Waals surface area contributed by atoms with Gasteiger partial charge < -0.3 is 10.3 Å². The maximum atomic E-state index is 12.2. The van der Waals surface area contributed by atoms with Crippen LogP contribution in [-0.4, -0.2) is 41.9 Å². The highest BCUT2D eigenvalue weighted by molar-refractivity contribution is 7.56. The molecule has 0 aromatic carbocycles. The van der Waals surface area contributed by atoms with Crippen LogP contribution in [0, 0.1) is 0 Å². The van der Waals surface area contributed by atoms with Crippen LogP contribution in [0.5, 0.6) is 0 Å². The van der Waals surface area contributed by atoms with E-state index in [0.717, 1.165) is 0 Å². The highest BCUT2D eigenvalue weighted by atomic mass is 35.5. The first kappa shape index (κ1) is 12.8. The van der Waals surface area contributed by atoms with Gasteiger partial charge in [0.15, 0.2) is 0 Å². The van der Waals surface area contributed by atoms with Gasteiger partial charge in [-0.3, -0.25) is 4.57 Å². The van der Waals surface area contributed by atoms with Crippen LogP contribution in [-0.2, 0) is 9.09 Å². The molecule has 2 N–H and O–H groups in total. The van der Waals surface area contributed by atoms with E-state index in [4.69, 9.17) is 33.5 Å². The molecule has 0 amide bonds. The van der Waals surface area contributed by atoms with Gasteiger partial charge in [-0.2, -0.15) is 0 Å². The van der Waals surface area contributed by atoms with Crippen molar-refractivity contribution in [2.45, 2.75) is 12.6 Å². The average molecular weight is 261 g/mol. The van der Waals surface area contributed by atoms with Gasteiger partial charge in [-0.05, 0) is 0 Å². The first-order valence-electron chi connectivity index (χ1n) is 4.52. The predicted molar refractivity (Wildman–Crippen MR) is 59.2 cm³/mol. The Morgan fingerprint density at radius 2 is 2.21 bits per heavy atom. The minimum absolute atomic E-state index is 0.225. The van der Waals surface area contributed by atoms with Gasteiger partial charge in [-0.1, -0.05) is 0 Å². The zero-order chi connectivity index (χ0) is 10.6. The first-order valence-corrected chi connectivity index (χ1v) is 7.35. The van der Waals surface area contributed by atoms with E-state index in [9.17, 15) is 4.57 Å². The quantitative estimate of drug-likeness (QED) is 0.617. The second kappa shape index (κ2) is 5.69. The largest absolute Gasteiger partial charge is 0.317 e. The molecule has 7 heteroatoms. The number of alkyl halides is 2. The van der Waals surface area contributed by atoms with E-state index in [1.165, 1.54) is 0 Å². The summed E-state index contributed by atoms with van der Waals surface area (Å²) in [5, 5.41) is 0. The molecule has 2 atom stereocenters. The predicted octanol–water partition coefficient (Wildman–Crippen LogP) is 1.66. The number of hydrogen-bond donors (Lipinski definition) is 1. The Hall–Kier alpha value is 0.690. The number of nitrogens with two attached hydrogens (primary N) is 1. The molecule has 4 nitrogen and oxygen atoms in total. The number of nitrogens with zero attached hydrogens (tertiary/aromatic N) is 1. The first-order chi connectivity index (χ1) is 6.64. The highest BCUT2D eigenvalue weighted by Gasteiger charge is 2.38. The van der Waals surface area contributed by atoms with Crippen molar-refractivity contribution in [3.8, 4) is 0 Å². The average Bonchev–Trinajstić information content (AvgIpc) is 2.12. The summed E-state index contributed by atoms with van der Waals surface area (Å²) >= 11 is 11.2. The number of hydrogen-bond acceptors (Lipinski definition) is 3. The van der Waals surface area contributed by atoms with E-state index < -0.39 is 7.52 Å². The highest BCUT2D eigenvalue weighted by Crippen LogP contribution is 2.53. The maximum absolute atomic E-state index is 12.2. The van der Waals surface area contributed by atoms with Gasteiger partial charge in [-0.25, -0.2) is 4.67 Å². The van der Waals surface area contributed by atoms with Gasteiger partial charge in [0.25, 0.3) is 7.52 Å². The summed E-state index contributed by atoms with van der Waals surface area (Å²) < 4.78 is 19.2. The Morgan fingerprint density at radius 1 is 1.50 bits per heavy atom. The molecule has 0 radical (unpaired) electrons. The van der Waals surface area contributed by atoms with E-state index in [-0.39, 0.29) is 6.17 Å². The van der Waals surface area contributed by atoms with E-state index in [1.54, 1.807) is 4.67 Å². The van der Waals surface area contributed by atoms with Crippen LogP contribution in [0.3, 0.4) is 0 Å². The summed E-state index contributed by atoms with van der Waals surface area (Å²) in [5.41, 5.74) is 5.84. The zero-order valence-corrected chi connectivity index (χ0v) is 10.3. The summed E-state index contributed by atoms with van der Waals surface area (Å²) in [6.07, 6.45) is 0.791. The molecule has 84 valence electrons. The summed E-state index contributed by atoms with van der Waals surface area (Å²) in [5.74, 6) is 0.701. The summed E-state index contributed by atoms with van der Waals surface area (Å²) in [6, 6.07) is 0. The Balaban J connectivity index is 2.73. The zero-order valence-electron chi connectivity index (χ0n) is 7.86. The van der Waals surface area contributed by atoms with Gasteiger partial charge >= 0.3 is 0 Å². The SMILES string of the molecule is NC1CCOP(=O)(CCCl)N1CCCl. The van der Waals surface area contributed by atoms with Crippen LogP contribution >= 0.6 is 30.7 Å². The molecule has 1 heterocycles. The maximum Gasteiger partial charge on any atom is 0.274 e. The molecule has 0 aliphatic carbocycles. The lowest BCUT2D eigenvalue weighted by molar-refractivity contribution is 0.165. The van der Waals surface area contributed by atoms with Crippen molar-refractivity contribution in [3.63, 3.8) is 0 Å². The fourth-order valence-corrected chi connectivity index (χ4v) is 4.52. The Labute approximate surface area is 94.2 Å². The molecule has 0 spiro atoms. The van der Waals surface area contributed by atoms with Crippen molar-refractivity contribution in [1.29, 1.82) is 0 Å². The molecule has 1 aliphatic heterocycles. The molecule has 1 fully saturated rings. The van der Waals surface area contributed by atoms with E-state index >= 15 is 0 Å². The van der Waals surface area contributed by atoms with E-state index in [0.29, 0.717) is 37.5 Å².